The normalized spacial score (nSPS) is 19.3. The van der Waals surface area contributed by atoms with Gasteiger partial charge in [-0.05, 0) is 25.5 Å². The van der Waals surface area contributed by atoms with Crippen LogP contribution in [0.25, 0.3) is 0 Å². The fraction of sp³-hybridized carbons (Fsp3) is 0.429. The van der Waals surface area contributed by atoms with E-state index in [-0.39, 0.29) is 18.4 Å². The van der Waals surface area contributed by atoms with Crippen molar-refractivity contribution in [1.82, 2.24) is 5.32 Å². The average molecular weight is 262 g/mol. The highest BCUT2D eigenvalue weighted by molar-refractivity contribution is 6.06. The number of nitrogens with zero attached hydrogens (tertiary/aromatic N) is 1. The molecule has 1 heterocycles. The van der Waals surface area contributed by atoms with Crippen LogP contribution in [0, 0.1) is 0 Å². The Bertz CT molecular complexity index is 487. The third kappa shape index (κ3) is 2.70. The predicted octanol–water partition coefficient (Wildman–Crippen LogP) is 1.33. The Kier molecular flexibility index (Phi) is 4.04. The van der Waals surface area contributed by atoms with E-state index in [1.54, 1.807) is 11.0 Å². The Balaban J connectivity index is 2.33. The van der Waals surface area contributed by atoms with Gasteiger partial charge in [-0.3, -0.25) is 14.5 Å². The Morgan fingerprint density at radius 1 is 1.37 bits per heavy atom. The molecular weight excluding hydrogens is 244 g/mol. The van der Waals surface area contributed by atoms with Crippen molar-refractivity contribution in [1.29, 1.82) is 0 Å². The lowest BCUT2D eigenvalue weighted by Gasteiger charge is -2.34. The summed E-state index contributed by atoms with van der Waals surface area (Å²) in [5.41, 5.74) is 0.706. The fourth-order valence-corrected chi connectivity index (χ4v) is 2.24. The van der Waals surface area contributed by atoms with Gasteiger partial charge in [0.2, 0.25) is 11.8 Å². The topological polar surface area (TPSA) is 58.6 Å². The molecule has 1 aliphatic heterocycles. The van der Waals surface area contributed by atoms with Gasteiger partial charge < -0.3 is 10.1 Å². The maximum Gasteiger partial charge on any atom is 0.247 e. The molecule has 1 aromatic rings. The van der Waals surface area contributed by atoms with Crippen LogP contribution in [-0.4, -0.2) is 31.0 Å². The van der Waals surface area contributed by atoms with Crippen LogP contribution < -0.4 is 15.0 Å². The Hall–Kier alpha value is -2.04. The summed E-state index contributed by atoms with van der Waals surface area (Å²) in [5, 5.41) is 2.61. The third-order valence-corrected chi connectivity index (χ3v) is 3.09. The summed E-state index contributed by atoms with van der Waals surface area (Å²) in [6.07, 6.45) is 0.580. The second kappa shape index (κ2) is 5.73. The molecule has 0 aliphatic carbocycles. The molecule has 2 amide bonds. The van der Waals surface area contributed by atoms with Crippen molar-refractivity contribution in [3.05, 3.63) is 24.3 Å². The molecular formula is C14H18N2O3. The minimum absolute atomic E-state index is 0.0498. The molecule has 1 N–H and O–H groups in total. The van der Waals surface area contributed by atoms with Crippen LogP contribution in [0.1, 0.15) is 20.3 Å². The SMILES string of the molecule is CCOc1cccc(N2C(=O)CNC(=O)C2CC)c1. The molecule has 1 aromatic carbocycles. The van der Waals surface area contributed by atoms with E-state index in [1.807, 2.05) is 32.0 Å². The molecule has 0 radical (unpaired) electrons. The molecule has 5 heteroatoms. The third-order valence-electron chi connectivity index (χ3n) is 3.09. The number of ether oxygens (including phenoxy) is 1. The molecule has 1 aliphatic rings. The molecule has 2 rings (SSSR count). The van der Waals surface area contributed by atoms with Gasteiger partial charge in [0, 0.05) is 11.8 Å². The molecule has 1 unspecified atom stereocenters. The Morgan fingerprint density at radius 2 is 2.16 bits per heavy atom. The van der Waals surface area contributed by atoms with Gasteiger partial charge in [-0.25, -0.2) is 0 Å². The highest BCUT2D eigenvalue weighted by atomic mass is 16.5. The first-order valence-corrected chi connectivity index (χ1v) is 6.50. The number of carbonyl (C=O) groups excluding carboxylic acids is 2. The number of carbonyl (C=O) groups is 2. The maximum atomic E-state index is 12.0. The lowest BCUT2D eigenvalue weighted by Crippen LogP contribution is -2.58. The Labute approximate surface area is 112 Å². The van der Waals surface area contributed by atoms with Crippen LogP contribution in [0.15, 0.2) is 24.3 Å². The van der Waals surface area contributed by atoms with E-state index in [1.165, 1.54) is 0 Å². The molecule has 19 heavy (non-hydrogen) atoms. The zero-order chi connectivity index (χ0) is 13.8. The number of piperazine rings is 1. The largest absolute Gasteiger partial charge is 0.494 e. The van der Waals surface area contributed by atoms with Crippen LogP contribution in [0.3, 0.4) is 0 Å². The first-order valence-electron chi connectivity index (χ1n) is 6.50. The zero-order valence-electron chi connectivity index (χ0n) is 11.2. The number of hydrogen-bond donors (Lipinski definition) is 1. The van der Waals surface area contributed by atoms with Crippen LogP contribution in [0.4, 0.5) is 5.69 Å². The molecule has 0 bridgehead atoms. The summed E-state index contributed by atoms with van der Waals surface area (Å²) in [6, 6.07) is 6.83. The second-order valence-electron chi connectivity index (χ2n) is 4.34. The molecule has 5 nitrogen and oxygen atoms in total. The lowest BCUT2D eigenvalue weighted by molar-refractivity contribution is -0.131. The number of hydrogen-bond acceptors (Lipinski definition) is 3. The van der Waals surface area contributed by atoms with E-state index in [4.69, 9.17) is 4.74 Å². The number of benzene rings is 1. The van der Waals surface area contributed by atoms with Gasteiger partial charge in [0.05, 0.1) is 13.2 Å². The summed E-state index contributed by atoms with van der Waals surface area (Å²) >= 11 is 0. The lowest BCUT2D eigenvalue weighted by atomic mass is 10.1. The smallest absolute Gasteiger partial charge is 0.247 e. The summed E-state index contributed by atoms with van der Waals surface area (Å²) < 4.78 is 5.43. The van der Waals surface area contributed by atoms with Crippen molar-refractivity contribution in [2.24, 2.45) is 0 Å². The number of anilines is 1. The number of amides is 2. The molecule has 1 saturated heterocycles. The second-order valence-corrected chi connectivity index (χ2v) is 4.34. The predicted molar refractivity (Wildman–Crippen MR) is 72.2 cm³/mol. The van der Waals surface area contributed by atoms with Crippen LogP contribution in [0.2, 0.25) is 0 Å². The van der Waals surface area contributed by atoms with Gasteiger partial charge in [0.1, 0.15) is 11.8 Å². The van der Waals surface area contributed by atoms with Crippen molar-refractivity contribution >= 4 is 17.5 Å². The first kappa shape index (κ1) is 13.4. The molecule has 1 fully saturated rings. The van der Waals surface area contributed by atoms with Crippen molar-refractivity contribution in [3.63, 3.8) is 0 Å². The van der Waals surface area contributed by atoms with Crippen molar-refractivity contribution < 1.29 is 14.3 Å². The Morgan fingerprint density at radius 3 is 2.84 bits per heavy atom. The fourth-order valence-electron chi connectivity index (χ4n) is 2.24. The van der Waals surface area contributed by atoms with Crippen LogP contribution in [-0.2, 0) is 9.59 Å². The summed E-state index contributed by atoms with van der Waals surface area (Å²) in [6.45, 7) is 4.41. The average Bonchev–Trinajstić information content (AvgIpc) is 2.41. The van der Waals surface area contributed by atoms with Gasteiger partial charge in [-0.2, -0.15) is 0 Å². The molecule has 0 aromatic heterocycles. The summed E-state index contributed by atoms with van der Waals surface area (Å²) in [4.78, 5) is 25.4. The number of nitrogens with one attached hydrogen (secondary N) is 1. The summed E-state index contributed by atoms with van der Waals surface area (Å²) in [5.74, 6) is 0.498. The van der Waals surface area contributed by atoms with Gasteiger partial charge in [-0.15, -0.1) is 0 Å². The standard InChI is InChI=1S/C14H18N2O3/c1-3-12-14(18)15-9-13(17)16(12)10-6-5-7-11(8-10)19-4-2/h5-8,12H,3-4,9H2,1-2H3,(H,15,18). The monoisotopic (exact) mass is 262 g/mol. The van der Waals surface area contributed by atoms with E-state index < -0.39 is 6.04 Å². The maximum absolute atomic E-state index is 12.0. The van der Waals surface area contributed by atoms with Gasteiger partial charge in [0.25, 0.3) is 0 Å². The molecule has 1 atom stereocenters. The summed E-state index contributed by atoms with van der Waals surface area (Å²) in [7, 11) is 0. The van der Waals surface area contributed by atoms with E-state index in [0.29, 0.717) is 24.5 Å². The van der Waals surface area contributed by atoms with Gasteiger partial charge in [0.15, 0.2) is 0 Å². The highest BCUT2D eigenvalue weighted by Crippen LogP contribution is 2.25. The van der Waals surface area contributed by atoms with Gasteiger partial charge >= 0.3 is 0 Å². The van der Waals surface area contributed by atoms with E-state index in [2.05, 4.69) is 5.32 Å². The molecule has 0 spiro atoms. The zero-order valence-corrected chi connectivity index (χ0v) is 11.2. The quantitative estimate of drug-likeness (QED) is 0.890. The van der Waals surface area contributed by atoms with Crippen molar-refractivity contribution in [2.75, 3.05) is 18.1 Å². The van der Waals surface area contributed by atoms with E-state index in [9.17, 15) is 9.59 Å². The van der Waals surface area contributed by atoms with Crippen LogP contribution >= 0.6 is 0 Å². The first-order chi connectivity index (χ1) is 9.17. The molecule has 0 saturated carbocycles. The van der Waals surface area contributed by atoms with Crippen molar-refractivity contribution in [3.8, 4) is 5.75 Å². The number of rotatable bonds is 4. The van der Waals surface area contributed by atoms with E-state index >= 15 is 0 Å². The van der Waals surface area contributed by atoms with E-state index in [0.717, 1.165) is 0 Å². The van der Waals surface area contributed by atoms with Gasteiger partial charge in [-0.1, -0.05) is 13.0 Å². The minimum Gasteiger partial charge on any atom is -0.494 e. The molecule has 102 valence electrons. The minimum atomic E-state index is -0.446. The van der Waals surface area contributed by atoms with Crippen molar-refractivity contribution in [2.45, 2.75) is 26.3 Å². The highest BCUT2D eigenvalue weighted by Gasteiger charge is 2.34. The van der Waals surface area contributed by atoms with Crippen LogP contribution in [0.5, 0.6) is 5.75 Å².